The Morgan fingerprint density at radius 3 is 1.16 bits per heavy atom. The van der Waals surface area contributed by atoms with Crippen LogP contribution in [0.5, 0.6) is 0 Å². The smallest absolute Gasteiger partial charge is 0.0468 e. The summed E-state index contributed by atoms with van der Waals surface area (Å²) >= 11 is 0. The van der Waals surface area contributed by atoms with Crippen LogP contribution in [0.15, 0.2) is 200 Å². The number of hydrogen-bond acceptors (Lipinski definition) is 1. The van der Waals surface area contributed by atoms with Crippen LogP contribution >= 0.6 is 0 Å². The summed E-state index contributed by atoms with van der Waals surface area (Å²) in [7, 11) is 0. The summed E-state index contributed by atoms with van der Waals surface area (Å²) in [4.78, 5) is 2.48. The summed E-state index contributed by atoms with van der Waals surface area (Å²) in [6, 6.07) is 74.9. The lowest BCUT2D eigenvalue weighted by atomic mass is 9.81. The van der Waals surface area contributed by atoms with Gasteiger partial charge in [-0.1, -0.05) is 179 Å². The van der Waals surface area contributed by atoms with Crippen molar-refractivity contribution in [2.45, 2.75) is 38.5 Å². The van der Waals surface area contributed by atoms with E-state index in [0.29, 0.717) is 0 Å². The zero-order valence-electron chi connectivity index (χ0n) is 35.0. The fraction of sp³-hybridized carbons (Fsp3) is 0.100. The Bertz CT molecular complexity index is 3240. The Morgan fingerprint density at radius 2 is 0.656 bits per heavy atom. The first-order chi connectivity index (χ1) is 29.7. The number of anilines is 3. The molecule has 0 saturated heterocycles. The molecule has 0 fully saturated rings. The van der Waals surface area contributed by atoms with Crippen LogP contribution in [0, 0.1) is 0 Å². The van der Waals surface area contributed by atoms with Crippen LogP contribution in [-0.2, 0) is 10.8 Å². The summed E-state index contributed by atoms with van der Waals surface area (Å²) in [5, 5.41) is 7.59. The minimum atomic E-state index is -0.195. The molecule has 10 aromatic rings. The van der Waals surface area contributed by atoms with E-state index in [1.54, 1.807) is 0 Å². The Labute approximate surface area is 358 Å². The maximum absolute atomic E-state index is 2.48. The van der Waals surface area contributed by atoms with Gasteiger partial charge in [-0.15, -0.1) is 0 Å². The van der Waals surface area contributed by atoms with Gasteiger partial charge in [-0.3, -0.25) is 0 Å². The maximum atomic E-state index is 2.48. The molecule has 0 bridgehead atoms. The van der Waals surface area contributed by atoms with Crippen molar-refractivity contribution in [3.63, 3.8) is 0 Å². The van der Waals surface area contributed by atoms with E-state index in [1.807, 2.05) is 0 Å². The van der Waals surface area contributed by atoms with E-state index in [-0.39, 0.29) is 10.8 Å². The number of nitrogens with zero attached hydrogens (tertiary/aromatic N) is 1. The predicted octanol–water partition coefficient (Wildman–Crippen LogP) is 16.6. The molecule has 1 nitrogen and oxygen atoms in total. The molecule has 0 heterocycles. The minimum absolute atomic E-state index is 0.195. The van der Waals surface area contributed by atoms with E-state index in [0.717, 1.165) is 17.1 Å². The highest BCUT2D eigenvalue weighted by Gasteiger charge is 2.38. The molecule has 2 aliphatic rings. The second kappa shape index (κ2) is 13.1. The van der Waals surface area contributed by atoms with Crippen LogP contribution in [0.4, 0.5) is 17.1 Å². The van der Waals surface area contributed by atoms with Crippen molar-refractivity contribution in [2.75, 3.05) is 4.90 Å². The molecule has 0 unspecified atom stereocenters. The van der Waals surface area contributed by atoms with Crippen LogP contribution in [0.1, 0.15) is 49.9 Å². The van der Waals surface area contributed by atoms with Gasteiger partial charge in [0.15, 0.2) is 0 Å². The van der Waals surface area contributed by atoms with Crippen LogP contribution in [0.2, 0.25) is 0 Å². The van der Waals surface area contributed by atoms with Crippen LogP contribution in [0.25, 0.3) is 76.8 Å². The molecular formula is C60H45N. The summed E-state index contributed by atoms with van der Waals surface area (Å²) in [5.74, 6) is 0. The molecule has 0 aromatic heterocycles. The highest BCUT2D eigenvalue weighted by molar-refractivity contribution is 6.00. The van der Waals surface area contributed by atoms with Gasteiger partial charge in [-0.2, -0.15) is 0 Å². The molecule has 12 rings (SSSR count). The molecule has 10 aromatic carbocycles. The third kappa shape index (κ3) is 5.40. The Balaban J connectivity index is 0.977. The van der Waals surface area contributed by atoms with E-state index in [4.69, 9.17) is 0 Å². The Morgan fingerprint density at radius 1 is 0.279 bits per heavy atom. The standard InChI is InChI=1S/C60H45N/c1-59(2)55-34-42(49-21-11-17-39-14-7-9-19-47(39)49)24-29-51(55)53-31-27-45(36-57(53)59)61(44-26-23-38-13-5-6-16-41(38)33-44)46-28-32-54-52-30-25-43(35-56(52)60(3,4)58(54)37-46)50-22-12-18-40-15-8-10-20-48(40)50/h5-37H,1-4H3. The van der Waals surface area contributed by atoms with Crippen molar-refractivity contribution in [1.82, 2.24) is 0 Å². The van der Waals surface area contributed by atoms with Gasteiger partial charge in [0.2, 0.25) is 0 Å². The Hall–Kier alpha value is -7.22. The van der Waals surface area contributed by atoms with Crippen molar-refractivity contribution in [3.8, 4) is 44.5 Å². The van der Waals surface area contributed by atoms with Gasteiger partial charge in [-0.05, 0) is 148 Å². The molecule has 0 spiro atoms. The lowest BCUT2D eigenvalue weighted by molar-refractivity contribution is 0.660. The number of hydrogen-bond donors (Lipinski definition) is 0. The minimum Gasteiger partial charge on any atom is -0.310 e. The molecule has 0 atom stereocenters. The lowest BCUT2D eigenvalue weighted by Gasteiger charge is -2.30. The molecule has 0 radical (unpaired) electrons. The van der Waals surface area contributed by atoms with Gasteiger partial charge in [0.05, 0.1) is 0 Å². The summed E-state index contributed by atoms with van der Waals surface area (Å²) in [6.45, 7) is 9.60. The molecule has 0 saturated carbocycles. The molecule has 0 N–H and O–H groups in total. The topological polar surface area (TPSA) is 3.24 Å². The molecule has 1 heteroatoms. The first-order valence-corrected chi connectivity index (χ1v) is 21.6. The van der Waals surface area contributed by atoms with Gasteiger partial charge < -0.3 is 4.90 Å². The first-order valence-electron chi connectivity index (χ1n) is 21.6. The second-order valence-electron chi connectivity index (χ2n) is 18.2. The molecule has 0 amide bonds. The van der Waals surface area contributed by atoms with Gasteiger partial charge >= 0.3 is 0 Å². The van der Waals surface area contributed by atoms with E-state index in [2.05, 4.69) is 233 Å². The van der Waals surface area contributed by atoms with E-state index < -0.39 is 0 Å². The highest BCUT2D eigenvalue weighted by Crippen LogP contribution is 2.54. The van der Waals surface area contributed by atoms with Gasteiger partial charge in [0, 0.05) is 27.9 Å². The molecule has 61 heavy (non-hydrogen) atoms. The Kier molecular flexibility index (Phi) is 7.69. The van der Waals surface area contributed by atoms with E-state index >= 15 is 0 Å². The predicted molar refractivity (Wildman–Crippen MR) is 260 cm³/mol. The largest absolute Gasteiger partial charge is 0.310 e. The highest BCUT2D eigenvalue weighted by atomic mass is 15.1. The molecular weight excluding hydrogens is 735 g/mol. The second-order valence-corrected chi connectivity index (χ2v) is 18.2. The van der Waals surface area contributed by atoms with Gasteiger partial charge in [0.1, 0.15) is 0 Å². The monoisotopic (exact) mass is 779 g/mol. The fourth-order valence-corrected chi connectivity index (χ4v) is 10.8. The summed E-state index contributed by atoms with van der Waals surface area (Å²) in [6.07, 6.45) is 0. The fourth-order valence-electron chi connectivity index (χ4n) is 10.8. The van der Waals surface area contributed by atoms with Crippen LogP contribution in [-0.4, -0.2) is 0 Å². The first kappa shape index (κ1) is 35.7. The quantitative estimate of drug-likeness (QED) is 0.168. The van der Waals surface area contributed by atoms with Crippen molar-refractivity contribution < 1.29 is 0 Å². The van der Waals surface area contributed by atoms with E-state index in [1.165, 1.54) is 99.1 Å². The van der Waals surface area contributed by atoms with Crippen molar-refractivity contribution in [3.05, 3.63) is 222 Å². The van der Waals surface area contributed by atoms with Crippen LogP contribution in [0.3, 0.4) is 0 Å². The third-order valence-electron chi connectivity index (χ3n) is 14.0. The zero-order chi connectivity index (χ0) is 41.0. The molecule has 2 aliphatic carbocycles. The average molecular weight is 780 g/mol. The summed E-state index contributed by atoms with van der Waals surface area (Å²) < 4.78 is 0. The third-order valence-corrected chi connectivity index (χ3v) is 14.0. The van der Waals surface area contributed by atoms with E-state index in [9.17, 15) is 0 Å². The van der Waals surface area contributed by atoms with Gasteiger partial charge in [-0.25, -0.2) is 0 Å². The normalized spacial score (nSPS) is 14.2. The van der Waals surface area contributed by atoms with Crippen molar-refractivity contribution in [2.24, 2.45) is 0 Å². The summed E-state index contributed by atoms with van der Waals surface area (Å²) in [5.41, 5.74) is 18.9. The zero-order valence-corrected chi connectivity index (χ0v) is 35.0. The average Bonchev–Trinajstić information content (AvgIpc) is 3.66. The SMILES string of the molecule is CC1(C)c2cc(-c3cccc4ccccc34)ccc2-c2ccc(N(c3ccc4c(c3)C(C)(C)c3cc(-c5cccc6ccccc56)ccc3-4)c3ccc4ccccc4c3)cc21. The lowest BCUT2D eigenvalue weighted by Crippen LogP contribution is -2.18. The molecule has 290 valence electrons. The number of fused-ring (bicyclic) bond motifs is 9. The van der Waals surface area contributed by atoms with Gasteiger partial charge in [0.25, 0.3) is 0 Å². The van der Waals surface area contributed by atoms with Crippen LogP contribution < -0.4 is 4.90 Å². The number of benzene rings is 10. The number of rotatable bonds is 5. The maximum Gasteiger partial charge on any atom is 0.0468 e. The molecule has 0 aliphatic heterocycles. The van der Waals surface area contributed by atoms with Crippen molar-refractivity contribution in [1.29, 1.82) is 0 Å². The van der Waals surface area contributed by atoms with Crippen molar-refractivity contribution >= 4 is 49.4 Å².